The van der Waals surface area contributed by atoms with Crippen LogP contribution in [0.25, 0.3) is 0 Å². The van der Waals surface area contributed by atoms with E-state index in [0.29, 0.717) is 5.92 Å². The van der Waals surface area contributed by atoms with E-state index in [1.54, 1.807) is 6.92 Å². The summed E-state index contributed by atoms with van der Waals surface area (Å²) in [5.74, 6) is 0.801. The zero-order valence-electron chi connectivity index (χ0n) is 7.21. The molecule has 0 radical (unpaired) electrons. The van der Waals surface area contributed by atoms with Crippen LogP contribution < -0.4 is 0 Å². The number of aliphatic hydroxyl groups excluding tert-OH is 1. The summed E-state index contributed by atoms with van der Waals surface area (Å²) in [6.45, 7) is 3.66. The van der Waals surface area contributed by atoms with Crippen LogP contribution in [0.4, 0.5) is 0 Å². The van der Waals surface area contributed by atoms with E-state index in [1.165, 1.54) is 0 Å². The van der Waals surface area contributed by atoms with Gasteiger partial charge in [0.15, 0.2) is 0 Å². The maximum atomic E-state index is 11.0. The highest BCUT2D eigenvalue weighted by atomic mass is 16.3. The first-order chi connectivity index (χ1) is 5.11. The quantitative estimate of drug-likeness (QED) is 0.622. The molecular formula is C9H16O2. The Morgan fingerprint density at radius 3 is 2.55 bits per heavy atom. The van der Waals surface area contributed by atoms with Crippen molar-refractivity contribution < 1.29 is 9.90 Å². The average Bonchev–Trinajstić information content (AvgIpc) is 1.94. The largest absolute Gasteiger partial charge is 0.393 e. The van der Waals surface area contributed by atoms with Crippen molar-refractivity contribution in [2.45, 2.75) is 39.2 Å². The molecule has 0 aromatic carbocycles. The zero-order valence-corrected chi connectivity index (χ0v) is 7.21. The lowest BCUT2D eigenvalue weighted by atomic mass is 9.79. The van der Waals surface area contributed by atoms with Crippen molar-refractivity contribution in [3.63, 3.8) is 0 Å². The average molecular weight is 156 g/mol. The first kappa shape index (κ1) is 8.72. The number of rotatable bonds is 1. The fourth-order valence-corrected chi connectivity index (χ4v) is 1.75. The first-order valence-electron chi connectivity index (χ1n) is 4.29. The molecule has 0 heterocycles. The molecule has 3 atom stereocenters. The maximum Gasteiger partial charge on any atom is 0.132 e. The summed E-state index contributed by atoms with van der Waals surface area (Å²) in [6, 6.07) is 0. The second-order valence-corrected chi connectivity index (χ2v) is 3.67. The van der Waals surface area contributed by atoms with Crippen molar-refractivity contribution >= 4 is 5.78 Å². The number of carbonyl (C=O) groups excluding carboxylic acids is 1. The number of aliphatic hydroxyl groups is 1. The molecule has 1 rings (SSSR count). The fraction of sp³-hybridized carbons (Fsp3) is 0.889. The van der Waals surface area contributed by atoms with Gasteiger partial charge in [-0.1, -0.05) is 6.92 Å². The molecule has 1 fully saturated rings. The minimum absolute atomic E-state index is 0.175. The van der Waals surface area contributed by atoms with Gasteiger partial charge in [-0.15, -0.1) is 0 Å². The van der Waals surface area contributed by atoms with Gasteiger partial charge >= 0.3 is 0 Å². The minimum atomic E-state index is -0.175. The molecule has 1 aliphatic carbocycles. The monoisotopic (exact) mass is 156 g/mol. The summed E-state index contributed by atoms with van der Waals surface area (Å²) in [5.41, 5.74) is 0. The molecule has 0 bridgehead atoms. The third-order valence-corrected chi connectivity index (χ3v) is 2.70. The van der Waals surface area contributed by atoms with Gasteiger partial charge in [0.25, 0.3) is 0 Å². The van der Waals surface area contributed by atoms with Crippen LogP contribution in [-0.2, 0) is 4.79 Å². The van der Waals surface area contributed by atoms with Crippen LogP contribution in [0.2, 0.25) is 0 Å². The van der Waals surface area contributed by atoms with Crippen LogP contribution in [0.1, 0.15) is 33.1 Å². The molecule has 0 spiro atoms. The summed E-state index contributed by atoms with van der Waals surface area (Å²) >= 11 is 0. The number of ketones is 1. The van der Waals surface area contributed by atoms with Crippen molar-refractivity contribution in [2.75, 3.05) is 0 Å². The van der Waals surface area contributed by atoms with Crippen molar-refractivity contribution in [3.05, 3.63) is 0 Å². The lowest BCUT2D eigenvalue weighted by Crippen LogP contribution is -2.29. The molecule has 1 unspecified atom stereocenters. The summed E-state index contributed by atoms with van der Waals surface area (Å²) in [7, 11) is 0. The van der Waals surface area contributed by atoms with Crippen LogP contribution in [0, 0.1) is 11.8 Å². The summed E-state index contributed by atoms with van der Waals surface area (Å²) in [5, 5.41) is 9.37. The smallest absolute Gasteiger partial charge is 0.132 e. The highest BCUT2D eigenvalue weighted by Gasteiger charge is 2.27. The first-order valence-corrected chi connectivity index (χ1v) is 4.29. The summed E-state index contributed by atoms with van der Waals surface area (Å²) < 4.78 is 0. The molecule has 11 heavy (non-hydrogen) atoms. The second-order valence-electron chi connectivity index (χ2n) is 3.67. The standard InChI is InChI=1S/C9H16O2/c1-6-5-8(7(2)10)3-4-9(6)11/h6,8-9,11H,3-5H2,1-2H3/t6-,8?,9+/m1/s1. The molecule has 64 valence electrons. The highest BCUT2D eigenvalue weighted by molar-refractivity contribution is 5.78. The molecule has 2 heteroatoms. The summed E-state index contributed by atoms with van der Waals surface area (Å²) in [4.78, 5) is 11.0. The number of hydrogen-bond acceptors (Lipinski definition) is 2. The SMILES string of the molecule is CC(=O)C1CC[C@H](O)[C@H](C)C1. The molecule has 1 saturated carbocycles. The van der Waals surface area contributed by atoms with Crippen LogP contribution in [-0.4, -0.2) is 17.0 Å². The van der Waals surface area contributed by atoms with Crippen LogP contribution >= 0.6 is 0 Å². The van der Waals surface area contributed by atoms with Crippen molar-refractivity contribution in [2.24, 2.45) is 11.8 Å². The Hall–Kier alpha value is -0.370. The molecule has 1 aliphatic rings. The van der Waals surface area contributed by atoms with Crippen molar-refractivity contribution in [1.29, 1.82) is 0 Å². The predicted molar refractivity (Wildman–Crippen MR) is 43.2 cm³/mol. The Bertz CT molecular complexity index is 154. The zero-order chi connectivity index (χ0) is 8.43. The fourth-order valence-electron chi connectivity index (χ4n) is 1.75. The van der Waals surface area contributed by atoms with Crippen LogP contribution in [0.3, 0.4) is 0 Å². The van der Waals surface area contributed by atoms with Crippen molar-refractivity contribution in [3.8, 4) is 0 Å². The molecule has 1 N–H and O–H groups in total. The van der Waals surface area contributed by atoms with Gasteiger partial charge in [-0.3, -0.25) is 4.79 Å². The van der Waals surface area contributed by atoms with E-state index in [-0.39, 0.29) is 17.8 Å². The van der Waals surface area contributed by atoms with Gasteiger partial charge in [0.2, 0.25) is 0 Å². The number of carbonyl (C=O) groups is 1. The molecular weight excluding hydrogens is 140 g/mol. The number of hydrogen-bond donors (Lipinski definition) is 1. The van der Waals surface area contributed by atoms with Crippen LogP contribution in [0.15, 0.2) is 0 Å². The van der Waals surface area contributed by atoms with E-state index in [4.69, 9.17) is 0 Å². The van der Waals surface area contributed by atoms with E-state index >= 15 is 0 Å². The third kappa shape index (κ3) is 2.03. The number of Topliss-reactive ketones (excluding diaryl/α,β-unsaturated/α-hetero) is 1. The van der Waals surface area contributed by atoms with Crippen molar-refractivity contribution in [1.82, 2.24) is 0 Å². The summed E-state index contributed by atoms with van der Waals surface area (Å²) in [6.07, 6.45) is 2.37. The van der Waals surface area contributed by atoms with Crippen LogP contribution in [0.5, 0.6) is 0 Å². The Labute approximate surface area is 67.6 Å². The lowest BCUT2D eigenvalue weighted by Gasteiger charge is -2.29. The van der Waals surface area contributed by atoms with Gasteiger partial charge in [-0.2, -0.15) is 0 Å². The Balaban J connectivity index is 2.46. The highest BCUT2D eigenvalue weighted by Crippen LogP contribution is 2.29. The molecule has 0 aliphatic heterocycles. The van der Waals surface area contributed by atoms with E-state index in [9.17, 15) is 9.90 Å². The normalized spacial score (nSPS) is 38.6. The molecule has 0 amide bonds. The van der Waals surface area contributed by atoms with Gasteiger partial charge in [0, 0.05) is 5.92 Å². The maximum absolute atomic E-state index is 11.0. The van der Waals surface area contributed by atoms with Gasteiger partial charge < -0.3 is 5.11 Å². The topological polar surface area (TPSA) is 37.3 Å². The second kappa shape index (κ2) is 3.35. The lowest BCUT2D eigenvalue weighted by molar-refractivity contribution is -0.123. The molecule has 0 aromatic heterocycles. The van der Waals surface area contributed by atoms with Gasteiger partial charge in [0.05, 0.1) is 6.10 Å². The molecule has 0 aromatic rings. The third-order valence-electron chi connectivity index (χ3n) is 2.70. The molecule has 2 nitrogen and oxygen atoms in total. The van der Waals surface area contributed by atoms with Gasteiger partial charge in [-0.25, -0.2) is 0 Å². The Morgan fingerprint density at radius 1 is 1.45 bits per heavy atom. The van der Waals surface area contributed by atoms with E-state index in [0.717, 1.165) is 19.3 Å². The van der Waals surface area contributed by atoms with Gasteiger partial charge in [-0.05, 0) is 32.1 Å². The van der Waals surface area contributed by atoms with E-state index < -0.39 is 0 Å². The van der Waals surface area contributed by atoms with E-state index in [2.05, 4.69) is 0 Å². The van der Waals surface area contributed by atoms with E-state index in [1.807, 2.05) is 6.92 Å². The predicted octanol–water partition coefficient (Wildman–Crippen LogP) is 1.37. The Morgan fingerprint density at radius 2 is 2.09 bits per heavy atom. The Kier molecular flexibility index (Phi) is 2.66. The molecule has 0 saturated heterocycles. The minimum Gasteiger partial charge on any atom is -0.393 e. The van der Waals surface area contributed by atoms with Gasteiger partial charge in [0.1, 0.15) is 5.78 Å².